The standard InChI is InChI=1S/C29H34N6O4/c1-20(38-28(2,3)4)30-14-9-11-22-16-21(13-15-31-22)26-32-19-33-27(35-26)34-23-10-8-12-24(17-23)37-18-25(36)39-29(5,6)7/h8,10,12-13,15-17,19,30H,1,14,18H2,2-7H3,(H,32,33,34,35). The molecule has 0 fully saturated rings. The molecule has 0 aliphatic rings. The summed E-state index contributed by atoms with van der Waals surface area (Å²) in [4.78, 5) is 29.2. The zero-order valence-electron chi connectivity index (χ0n) is 23.2. The average molecular weight is 531 g/mol. The Balaban J connectivity index is 1.62. The van der Waals surface area contributed by atoms with E-state index in [9.17, 15) is 4.79 Å². The van der Waals surface area contributed by atoms with Crippen LogP contribution in [0.3, 0.4) is 0 Å². The molecular weight excluding hydrogens is 496 g/mol. The molecule has 0 atom stereocenters. The number of anilines is 2. The summed E-state index contributed by atoms with van der Waals surface area (Å²) in [6.45, 7) is 15.3. The highest BCUT2D eigenvalue weighted by molar-refractivity contribution is 5.71. The Bertz CT molecular complexity index is 1370. The van der Waals surface area contributed by atoms with Gasteiger partial charge in [-0.15, -0.1) is 0 Å². The van der Waals surface area contributed by atoms with Gasteiger partial charge in [0.2, 0.25) is 5.95 Å². The van der Waals surface area contributed by atoms with Gasteiger partial charge in [-0.1, -0.05) is 12.0 Å². The fraction of sp³-hybridized carbons (Fsp3) is 0.345. The third kappa shape index (κ3) is 10.7. The molecule has 0 radical (unpaired) electrons. The summed E-state index contributed by atoms with van der Waals surface area (Å²) < 4.78 is 16.5. The Hall–Kier alpha value is -4.65. The first-order chi connectivity index (χ1) is 18.4. The maximum absolute atomic E-state index is 11.9. The van der Waals surface area contributed by atoms with Gasteiger partial charge >= 0.3 is 5.97 Å². The lowest BCUT2D eigenvalue weighted by Crippen LogP contribution is -2.27. The molecule has 3 rings (SSSR count). The van der Waals surface area contributed by atoms with Crippen molar-refractivity contribution in [2.45, 2.75) is 52.7 Å². The summed E-state index contributed by atoms with van der Waals surface area (Å²) in [7, 11) is 0. The van der Waals surface area contributed by atoms with Crippen LogP contribution in [0.1, 0.15) is 47.2 Å². The highest BCUT2D eigenvalue weighted by Crippen LogP contribution is 2.22. The van der Waals surface area contributed by atoms with Crippen molar-refractivity contribution < 1.29 is 19.0 Å². The number of rotatable bonds is 9. The molecular formula is C29H34N6O4. The largest absolute Gasteiger partial charge is 0.482 e. The molecule has 0 saturated carbocycles. The van der Waals surface area contributed by atoms with Crippen molar-refractivity contribution in [2.24, 2.45) is 0 Å². The van der Waals surface area contributed by atoms with E-state index in [-0.39, 0.29) is 12.2 Å². The molecule has 0 amide bonds. The summed E-state index contributed by atoms with van der Waals surface area (Å²) in [6.07, 6.45) is 3.07. The summed E-state index contributed by atoms with van der Waals surface area (Å²) >= 11 is 0. The first-order valence-electron chi connectivity index (χ1n) is 12.3. The van der Waals surface area contributed by atoms with Crippen LogP contribution in [0.2, 0.25) is 0 Å². The predicted octanol–water partition coefficient (Wildman–Crippen LogP) is 4.63. The number of benzene rings is 1. The van der Waals surface area contributed by atoms with Crippen molar-refractivity contribution in [3.63, 3.8) is 0 Å². The molecule has 3 aromatic rings. The van der Waals surface area contributed by atoms with E-state index < -0.39 is 11.6 Å². The molecule has 0 unspecified atom stereocenters. The molecule has 204 valence electrons. The molecule has 2 heterocycles. The highest BCUT2D eigenvalue weighted by Gasteiger charge is 2.16. The van der Waals surface area contributed by atoms with Crippen molar-refractivity contribution >= 4 is 17.6 Å². The number of hydrogen-bond acceptors (Lipinski definition) is 10. The van der Waals surface area contributed by atoms with E-state index >= 15 is 0 Å². The van der Waals surface area contributed by atoms with Crippen molar-refractivity contribution in [3.05, 3.63) is 67.1 Å². The minimum atomic E-state index is -0.573. The van der Waals surface area contributed by atoms with Crippen molar-refractivity contribution in [3.8, 4) is 29.0 Å². The van der Waals surface area contributed by atoms with Crippen LogP contribution >= 0.6 is 0 Å². The molecule has 1 aromatic carbocycles. The van der Waals surface area contributed by atoms with Crippen molar-refractivity contribution in [1.82, 2.24) is 25.3 Å². The number of ether oxygens (including phenoxy) is 3. The molecule has 0 bridgehead atoms. The summed E-state index contributed by atoms with van der Waals surface area (Å²) in [5, 5.41) is 6.15. The van der Waals surface area contributed by atoms with Gasteiger partial charge in [0.25, 0.3) is 0 Å². The second-order valence-corrected chi connectivity index (χ2v) is 10.4. The van der Waals surface area contributed by atoms with Crippen molar-refractivity contribution in [2.75, 3.05) is 18.5 Å². The molecule has 10 heteroatoms. The molecule has 39 heavy (non-hydrogen) atoms. The van der Waals surface area contributed by atoms with E-state index in [1.54, 1.807) is 57.3 Å². The lowest BCUT2D eigenvalue weighted by molar-refractivity contribution is -0.157. The van der Waals surface area contributed by atoms with Gasteiger partial charge in [-0.25, -0.2) is 19.7 Å². The van der Waals surface area contributed by atoms with Gasteiger partial charge in [-0.2, -0.15) is 4.98 Å². The zero-order chi connectivity index (χ0) is 28.5. The minimum absolute atomic E-state index is 0.195. The number of hydrogen-bond donors (Lipinski definition) is 2. The lowest BCUT2D eigenvalue weighted by atomic mass is 10.2. The van der Waals surface area contributed by atoms with E-state index in [4.69, 9.17) is 14.2 Å². The number of esters is 1. The third-order valence-corrected chi connectivity index (χ3v) is 4.48. The first-order valence-corrected chi connectivity index (χ1v) is 12.3. The Morgan fingerprint density at radius 3 is 2.51 bits per heavy atom. The molecule has 0 spiro atoms. The van der Waals surface area contributed by atoms with Gasteiger partial charge in [-0.3, -0.25) is 0 Å². The smallest absolute Gasteiger partial charge is 0.344 e. The molecule has 2 N–H and O–H groups in total. The summed E-state index contributed by atoms with van der Waals surface area (Å²) in [5.41, 5.74) is 1.09. The summed E-state index contributed by atoms with van der Waals surface area (Å²) in [6, 6.07) is 10.7. The molecule has 0 saturated heterocycles. The van der Waals surface area contributed by atoms with E-state index in [0.717, 1.165) is 5.56 Å². The van der Waals surface area contributed by atoms with Gasteiger partial charge < -0.3 is 24.8 Å². The Kier molecular flexibility index (Phi) is 9.44. The fourth-order valence-electron chi connectivity index (χ4n) is 3.12. The van der Waals surface area contributed by atoms with Gasteiger partial charge in [0.15, 0.2) is 18.3 Å². The van der Waals surface area contributed by atoms with Gasteiger partial charge in [-0.05, 0) is 78.3 Å². The Morgan fingerprint density at radius 1 is 1.00 bits per heavy atom. The number of aromatic nitrogens is 4. The van der Waals surface area contributed by atoms with Gasteiger partial charge in [0.1, 0.15) is 29.0 Å². The van der Waals surface area contributed by atoms with E-state index in [1.165, 1.54) is 6.33 Å². The van der Waals surface area contributed by atoms with Crippen LogP contribution in [0.5, 0.6) is 5.75 Å². The average Bonchev–Trinajstić information content (AvgIpc) is 2.84. The second kappa shape index (κ2) is 12.7. The van der Waals surface area contributed by atoms with E-state index in [1.807, 2.05) is 26.8 Å². The monoisotopic (exact) mass is 530 g/mol. The van der Waals surface area contributed by atoms with Crippen LogP contribution in [0, 0.1) is 11.8 Å². The SMILES string of the molecule is C=C(NCC#Cc1cc(-c2ncnc(Nc3cccc(OCC(=O)OC(C)(C)C)c3)n2)ccn1)OC(C)(C)C. The van der Waals surface area contributed by atoms with E-state index in [0.29, 0.717) is 41.3 Å². The predicted molar refractivity (Wildman–Crippen MR) is 149 cm³/mol. The zero-order valence-corrected chi connectivity index (χ0v) is 23.2. The second-order valence-electron chi connectivity index (χ2n) is 10.4. The topological polar surface area (TPSA) is 120 Å². The number of nitrogens with one attached hydrogen (secondary N) is 2. The fourth-order valence-corrected chi connectivity index (χ4v) is 3.12. The maximum Gasteiger partial charge on any atom is 0.344 e. The molecule has 0 aliphatic carbocycles. The quantitative estimate of drug-likeness (QED) is 0.230. The van der Waals surface area contributed by atoms with Gasteiger partial charge in [0, 0.05) is 23.5 Å². The normalized spacial score (nSPS) is 11.0. The van der Waals surface area contributed by atoms with Crippen LogP contribution < -0.4 is 15.4 Å². The number of nitrogens with zero attached hydrogens (tertiary/aromatic N) is 4. The summed E-state index contributed by atoms with van der Waals surface area (Å²) in [5.74, 6) is 7.34. The van der Waals surface area contributed by atoms with Crippen LogP contribution in [-0.4, -0.2) is 50.3 Å². The third-order valence-electron chi connectivity index (χ3n) is 4.48. The van der Waals surface area contributed by atoms with Crippen LogP contribution in [0.15, 0.2) is 61.4 Å². The lowest BCUT2D eigenvalue weighted by Gasteiger charge is -2.22. The molecule has 2 aromatic heterocycles. The maximum atomic E-state index is 11.9. The number of pyridine rings is 1. The minimum Gasteiger partial charge on any atom is -0.482 e. The van der Waals surface area contributed by atoms with Crippen LogP contribution in [0.25, 0.3) is 11.4 Å². The van der Waals surface area contributed by atoms with Crippen molar-refractivity contribution in [1.29, 1.82) is 0 Å². The van der Waals surface area contributed by atoms with Crippen LogP contribution in [0.4, 0.5) is 11.6 Å². The number of carbonyl (C=O) groups is 1. The molecule has 0 aliphatic heterocycles. The van der Waals surface area contributed by atoms with E-state index in [2.05, 4.69) is 49.0 Å². The Labute approximate surface area is 229 Å². The molecule has 10 nitrogen and oxygen atoms in total. The van der Waals surface area contributed by atoms with Crippen LogP contribution in [-0.2, 0) is 14.3 Å². The number of carbonyl (C=O) groups excluding carboxylic acids is 1. The van der Waals surface area contributed by atoms with Gasteiger partial charge in [0.05, 0.1) is 6.54 Å². The highest BCUT2D eigenvalue weighted by atomic mass is 16.6. The Morgan fingerprint density at radius 2 is 1.77 bits per heavy atom. The first kappa shape index (κ1) is 28.9.